The Morgan fingerprint density at radius 3 is 1.22 bits per heavy atom. The molecule has 250 valence electrons. The Kier molecular flexibility index (Phi) is 8.03. The largest absolute Gasteiger partial charge is 0.309 e. The molecule has 0 aliphatic carbocycles. The maximum absolute atomic E-state index is 2.42. The van der Waals surface area contributed by atoms with Gasteiger partial charge < -0.3 is 4.57 Å². The standard InChI is InChI=1S/C50H45N/c1-49(2,3)40-22-17-34(18-23-40)43-27-28-44(35-19-24-41(25-20-35)50(4,5)6)46-33-39-31-42(26-21-38(39)32-45(43)46)51-47(36-13-9-7-10-14-36)29-30-48(51)37-15-11-8-12-16-37/h7-33H,1-6H3. The van der Waals surface area contributed by atoms with Gasteiger partial charge in [0.15, 0.2) is 0 Å². The molecule has 1 heterocycles. The van der Waals surface area contributed by atoms with Crippen molar-refractivity contribution >= 4 is 21.5 Å². The lowest BCUT2D eigenvalue weighted by Gasteiger charge is -2.20. The van der Waals surface area contributed by atoms with E-state index in [1.165, 1.54) is 77.4 Å². The molecule has 0 saturated carbocycles. The van der Waals surface area contributed by atoms with Crippen LogP contribution in [-0.2, 0) is 10.8 Å². The summed E-state index contributed by atoms with van der Waals surface area (Å²) in [6, 6.07) is 60.7. The van der Waals surface area contributed by atoms with Crippen LogP contribution in [0, 0.1) is 0 Å². The van der Waals surface area contributed by atoms with E-state index in [4.69, 9.17) is 0 Å². The Labute approximate surface area is 302 Å². The van der Waals surface area contributed by atoms with E-state index in [1.807, 2.05) is 0 Å². The first-order chi connectivity index (χ1) is 24.5. The molecule has 1 nitrogen and oxygen atoms in total. The lowest BCUT2D eigenvalue weighted by atomic mass is 9.84. The average molecular weight is 660 g/mol. The van der Waals surface area contributed by atoms with Crippen molar-refractivity contribution in [3.05, 3.63) is 175 Å². The van der Waals surface area contributed by atoms with Crippen LogP contribution in [0.3, 0.4) is 0 Å². The summed E-state index contributed by atoms with van der Waals surface area (Å²) >= 11 is 0. The summed E-state index contributed by atoms with van der Waals surface area (Å²) in [6.45, 7) is 13.7. The van der Waals surface area contributed by atoms with Crippen LogP contribution in [0.2, 0.25) is 0 Å². The Balaban J connectivity index is 1.35. The van der Waals surface area contributed by atoms with Gasteiger partial charge in [0.25, 0.3) is 0 Å². The fraction of sp³-hybridized carbons (Fsp3) is 0.160. The van der Waals surface area contributed by atoms with E-state index in [9.17, 15) is 0 Å². The smallest absolute Gasteiger partial charge is 0.0535 e. The highest BCUT2D eigenvalue weighted by Gasteiger charge is 2.18. The molecule has 0 aliphatic rings. The van der Waals surface area contributed by atoms with Gasteiger partial charge in [-0.25, -0.2) is 0 Å². The molecule has 0 bridgehead atoms. The zero-order valence-electron chi connectivity index (χ0n) is 30.5. The predicted octanol–water partition coefficient (Wildman–Crippen LogP) is 14.0. The van der Waals surface area contributed by atoms with Gasteiger partial charge in [0.1, 0.15) is 0 Å². The Morgan fingerprint density at radius 1 is 0.353 bits per heavy atom. The molecule has 0 fully saturated rings. The molecule has 8 rings (SSSR count). The lowest BCUT2D eigenvalue weighted by Crippen LogP contribution is -2.10. The fourth-order valence-electron chi connectivity index (χ4n) is 7.40. The van der Waals surface area contributed by atoms with Gasteiger partial charge >= 0.3 is 0 Å². The molecule has 0 aliphatic heterocycles. The van der Waals surface area contributed by atoms with Gasteiger partial charge in [0, 0.05) is 5.69 Å². The number of hydrogen-bond acceptors (Lipinski definition) is 0. The Bertz CT molecular complexity index is 2430. The average Bonchev–Trinajstić information content (AvgIpc) is 3.59. The van der Waals surface area contributed by atoms with Crippen molar-refractivity contribution in [3.63, 3.8) is 0 Å². The highest BCUT2D eigenvalue weighted by atomic mass is 15.0. The van der Waals surface area contributed by atoms with E-state index in [1.54, 1.807) is 0 Å². The summed E-state index contributed by atoms with van der Waals surface area (Å²) in [5.74, 6) is 0. The van der Waals surface area contributed by atoms with Gasteiger partial charge in [-0.3, -0.25) is 0 Å². The Morgan fingerprint density at radius 2 is 0.784 bits per heavy atom. The molecule has 8 aromatic rings. The molecule has 0 unspecified atom stereocenters. The highest BCUT2D eigenvalue weighted by molar-refractivity contribution is 6.11. The third-order valence-corrected chi connectivity index (χ3v) is 10.4. The number of benzene rings is 7. The SMILES string of the molecule is CC(C)(C)c1ccc(-c2ccc(-c3ccc(C(C)(C)C)cc3)c3cc4cc(-n5c(-c6ccccc6)ccc5-c5ccccc5)ccc4cc23)cc1. The first-order valence-electron chi connectivity index (χ1n) is 18.1. The summed E-state index contributed by atoms with van der Waals surface area (Å²) < 4.78 is 2.41. The van der Waals surface area contributed by atoms with Crippen LogP contribution in [0.25, 0.3) is 72.0 Å². The third kappa shape index (κ3) is 6.19. The molecule has 0 amide bonds. The quantitative estimate of drug-likeness (QED) is 0.162. The van der Waals surface area contributed by atoms with E-state index in [-0.39, 0.29) is 10.8 Å². The van der Waals surface area contributed by atoms with Gasteiger partial charge in [-0.15, -0.1) is 0 Å². The predicted molar refractivity (Wildman–Crippen MR) is 220 cm³/mol. The minimum Gasteiger partial charge on any atom is -0.309 e. The minimum absolute atomic E-state index is 0.103. The zero-order chi connectivity index (χ0) is 35.3. The van der Waals surface area contributed by atoms with Crippen molar-refractivity contribution in [2.75, 3.05) is 0 Å². The van der Waals surface area contributed by atoms with Gasteiger partial charge in [-0.05, 0) is 113 Å². The molecular weight excluding hydrogens is 615 g/mol. The molecule has 1 aromatic heterocycles. The van der Waals surface area contributed by atoms with Gasteiger partial charge in [-0.1, -0.05) is 169 Å². The monoisotopic (exact) mass is 659 g/mol. The van der Waals surface area contributed by atoms with Crippen molar-refractivity contribution in [2.45, 2.75) is 52.4 Å². The van der Waals surface area contributed by atoms with E-state index >= 15 is 0 Å². The summed E-state index contributed by atoms with van der Waals surface area (Å²) in [7, 11) is 0. The normalized spacial score (nSPS) is 12.1. The summed E-state index contributed by atoms with van der Waals surface area (Å²) in [5.41, 5.74) is 13.8. The Hall–Kier alpha value is -5.66. The first-order valence-corrected chi connectivity index (χ1v) is 18.1. The highest BCUT2D eigenvalue weighted by Crippen LogP contribution is 2.40. The lowest BCUT2D eigenvalue weighted by molar-refractivity contribution is 0.590. The van der Waals surface area contributed by atoms with Crippen LogP contribution < -0.4 is 0 Å². The van der Waals surface area contributed by atoms with Crippen molar-refractivity contribution < 1.29 is 0 Å². The van der Waals surface area contributed by atoms with Crippen LogP contribution in [0.15, 0.2) is 164 Å². The van der Waals surface area contributed by atoms with E-state index in [0.29, 0.717) is 0 Å². The zero-order valence-corrected chi connectivity index (χ0v) is 30.5. The van der Waals surface area contributed by atoms with Crippen LogP contribution in [0.5, 0.6) is 0 Å². The number of aromatic nitrogens is 1. The molecule has 0 atom stereocenters. The molecule has 0 radical (unpaired) electrons. The molecule has 0 saturated heterocycles. The van der Waals surface area contributed by atoms with Crippen LogP contribution >= 0.6 is 0 Å². The van der Waals surface area contributed by atoms with Gasteiger partial charge in [-0.2, -0.15) is 0 Å². The number of hydrogen-bond donors (Lipinski definition) is 0. The fourth-order valence-corrected chi connectivity index (χ4v) is 7.40. The summed E-state index contributed by atoms with van der Waals surface area (Å²) in [5, 5.41) is 4.99. The number of rotatable bonds is 5. The van der Waals surface area contributed by atoms with Crippen LogP contribution in [0.1, 0.15) is 52.7 Å². The van der Waals surface area contributed by atoms with Crippen molar-refractivity contribution in [3.8, 4) is 50.5 Å². The minimum atomic E-state index is 0.103. The topological polar surface area (TPSA) is 4.93 Å². The molecule has 1 heteroatoms. The van der Waals surface area contributed by atoms with E-state index in [0.717, 1.165) is 5.69 Å². The van der Waals surface area contributed by atoms with E-state index < -0.39 is 0 Å². The second-order valence-corrected chi connectivity index (χ2v) is 15.9. The van der Waals surface area contributed by atoms with Gasteiger partial charge in [0.05, 0.1) is 11.4 Å². The second-order valence-electron chi connectivity index (χ2n) is 15.9. The third-order valence-electron chi connectivity index (χ3n) is 10.4. The number of fused-ring (bicyclic) bond motifs is 2. The first kappa shape index (κ1) is 32.5. The maximum Gasteiger partial charge on any atom is 0.0535 e. The molecule has 0 N–H and O–H groups in total. The van der Waals surface area contributed by atoms with Crippen LogP contribution in [-0.4, -0.2) is 4.57 Å². The van der Waals surface area contributed by atoms with Crippen LogP contribution in [0.4, 0.5) is 0 Å². The molecule has 0 spiro atoms. The van der Waals surface area contributed by atoms with E-state index in [2.05, 4.69) is 210 Å². The van der Waals surface area contributed by atoms with Crippen molar-refractivity contribution in [2.24, 2.45) is 0 Å². The summed E-state index contributed by atoms with van der Waals surface area (Å²) in [6.07, 6.45) is 0. The van der Waals surface area contributed by atoms with Gasteiger partial charge in [0.2, 0.25) is 0 Å². The molecular formula is C50H45N. The van der Waals surface area contributed by atoms with Crippen molar-refractivity contribution in [1.82, 2.24) is 4.57 Å². The summed E-state index contributed by atoms with van der Waals surface area (Å²) in [4.78, 5) is 0. The molecule has 51 heavy (non-hydrogen) atoms. The van der Waals surface area contributed by atoms with Crippen molar-refractivity contribution in [1.29, 1.82) is 0 Å². The second kappa shape index (κ2) is 12.6. The maximum atomic E-state index is 2.42. The molecule has 7 aromatic carbocycles. The number of nitrogens with zero attached hydrogens (tertiary/aromatic N) is 1.